The van der Waals surface area contributed by atoms with E-state index in [2.05, 4.69) is 0 Å². The van der Waals surface area contributed by atoms with Crippen LogP contribution in [0.4, 0.5) is 4.39 Å². The molecule has 0 atom stereocenters. The first-order valence-corrected chi connectivity index (χ1v) is 6.57. The van der Waals surface area contributed by atoms with Gasteiger partial charge in [-0.25, -0.2) is 4.39 Å². The lowest BCUT2D eigenvalue weighted by atomic mass is 10.2. The SMILES string of the molecule is Fc1ccc2c(ccn2Cc2cc(Cl)ccc2Cl)c1. The van der Waals surface area contributed by atoms with E-state index in [-0.39, 0.29) is 5.82 Å². The van der Waals surface area contributed by atoms with Gasteiger partial charge in [0.2, 0.25) is 0 Å². The summed E-state index contributed by atoms with van der Waals surface area (Å²) < 4.78 is 15.2. The Hall–Kier alpha value is -1.51. The third kappa shape index (κ3) is 2.46. The number of halogens is 3. The van der Waals surface area contributed by atoms with Gasteiger partial charge in [0.25, 0.3) is 0 Å². The molecule has 0 N–H and O–H groups in total. The molecule has 19 heavy (non-hydrogen) atoms. The molecule has 3 rings (SSSR count). The molecule has 1 heterocycles. The Kier molecular flexibility index (Phi) is 3.21. The van der Waals surface area contributed by atoms with Gasteiger partial charge in [0.05, 0.1) is 0 Å². The lowest BCUT2D eigenvalue weighted by Gasteiger charge is -2.08. The summed E-state index contributed by atoms with van der Waals surface area (Å²) in [4.78, 5) is 0. The van der Waals surface area contributed by atoms with Crippen LogP contribution in [0.1, 0.15) is 5.56 Å². The zero-order chi connectivity index (χ0) is 13.4. The van der Waals surface area contributed by atoms with E-state index in [4.69, 9.17) is 23.2 Å². The van der Waals surface area contributed by atoms with Crippen molar-refractivity contribution in [2.45, 2.75) is 6.54 Å². The predicted octanol–water partition coefficient (Wildman–Crippen LogP) is 5.14. The summed E-state index contributed by atoms with van der Waals surface area (Å²) in [6.07, 6.45) is 1.92. The quantitative estimate of drug-likeness (QED) is 0.617. The Balaban J connectivity index is 2.03. The molecule has 3 aromatic rings. The van der Waals surface area contributed by atoms with Crippen LogP contribution in [-0.4, -0.2) is 4.57 Å². The van der Waals surface area contributed by atoms with Crippen LogP contribution in [0.2, 0.25) is 10.0 Å². The van der Waals surface area contributed by atoms with Crippen LogP contribution in [0.5, 0.6) is 0 Å². The van der Waals surface area contributed by atoms with E-state index in [1.807, 2.05) is 22.9 Å². The van der Waals surface area contributed by atoms with Crippen molar-refractivity contribution >= 4 is 34.1 Å². The molecule has 0 bridgehead atoms. The van der Waals surface area contributed by atoms with Crippen LogP contribution in [0.25, 0.3) is 10.9 Å². The molecule has 0 saturated carbocycles. The van der Waals surface area contributed by atoms with E-state index >= 15 is 0 Å². The third-order valence-corrected chi connectivity index (χ3v) is 3.69. The lowest BCUT2D eigenvalue weighted by Crippen LogP contribution is -1.98. The molecule has 0 aliphatic heterocycles. The number of fused-ring (bicyclic) bond motifs is 1. The van der Waals surface area contributed by atoms with Gasteiger partial charge in [0.15, 0.2) is 0 Å². The third-order valence-electron chi connectivity index (χ3n) is 3.08. The monoisotopic (exact) mass is 293 g/mol. The normalized spacial score (nSPS) is 11.1. The maximum absolute atomic E-state index is 13.1. The minimum absolute atomic E-state index is 0.231. The van der Waals surface area contributed by atoms with Gasteiger partial charge in [-0.05, 0) is 48.0 Å². The van der Waals surface area contributed by atoms with Crippen molar-refractivity contribution in [1.82, 2.24) is 4.57 Å². The summed E-state index contributed by atoms with van der Waals surface area (Å²) in [5.74, 6) is -0.231. The molecule has 0 radical (unpaired) electrons. The summed E-state index contributed by atoms with van der Waals surface area (Å²) in [5, 5.41) is 2.20. The van der Waals surface area contributed by atoms with Gasteiger partial charge < -0.3 is 4.57 Å². The second-order valence-electron chi connectivity index (χ2n) is 4.38. The molecular formula is C15H10Cl2FN. The van der Waals surface area contributed by atoms with Gasteiger partial charge in [-0.15, -0.1) is 0 Å². The average Bonchev–Trinajstić information content (AvgIpc) is 2.76. The molecule has 1 nitrogen and oxygen atoms in total. The smallest absolute Gasteiger partial charge is 0.123 e. The molecule has 1 aromatic heterocycles. The fourth-order valence-corrected chi connectivity index (χ4v) is 2.53. The molecule has 0 aliphatic carbocycles. The Morgan fingerprint density at radius 2 is 1.84 bits per heavy atom. The molecule has 0 aliphatic rings. The van der Waals surface area contributed by atoms with Crippen molar-refractivity contribution in [3.8, 4) is 0 Å². The summed E-state index contributed by atoms with van der Waals surface area (Å²) in [7, 11) is 0. The van der Waals surface area contributed by atoms with Crippen LogP contribution >= 0.6 is 23.2 Å². The minimum Gasteiger partial charge on any atom is -0.343 e. The molecule has 2 aromatic carbocycles. The van der Waals surface area contributed by atoms with Crippen molar-refractivity contribution in [1.29, 1.82) is 0 Å². The van der Waals surface area contributed by atoms with Gasteiger partial charge in [-0.1, -0.05) is 23.2 Å². The molecule has 96 valence electrons. The highest BCUT2D eigenvalue weighted by Crippen LogP contribution is 2.24. The lowest BCUT2D eigenvalue weighted by molar-refractivity contribution is 0.629. The highest BCUT2D eigenvalue weighted by atomic mass is 35.5. The van der Waals surface area contributed by atoms with Gasteiger partial charge in [-0.3, -0.25) is 0 Å². The fourth-order valence-electron chi connectivity index (χ4n) is 2.16. The Labute approximate surface area is 120 Å². The van der Waals surface area contributed by atoms with E-state index < -0.39 is 0 Å². The summed E-state index contributed by atoms with van der Waals surface area (Å²) in [5.41, 5.74) is 1.91. The summed E-state index contributed by atoms with van der Waals surface area (Å²) in [6, 6.07) is 12.0. The number of aromatic nitrogens is 1. The molecule has 4 heteroatoms. The minimum atomic E-state index is -0.231. The van der Waals surface area contributed by atoms with Gasteiger partial charge in [0, 0.05) is 33.7 Å². The van der Waals surface area contributed by atoms with E-state index in [1.165, 1.54) is 12.1 Å². The number of nitrogens with zero attached hydrogens (tertiary/aromatic N) is 1. The van der Waals surface area contributed by atoms with Gasteiger partial charge >= 0.3 is 0 Å². The Morgan fingerprint density at radius 1 is 1.00 bits per heavy atom. The summed E-state index contributed by atoms with van der Waals surface area (Å²) >= 11 is 12.1. The first kappa shape index (κ1) is 12.5. The second-order valence-corrected chi connectivity index (χ2v) is 5.23. The van der Waals surface area contributed by atoms with Crippen molar-refractivity contribution in [2.75, 3.05) is 0 Å². The van der Waals surface area contributed by atoms with Crippen LogP contribution in [-0.2, 0) is 6.54 Å². The first-order valence-electron chi connectivity index (χ1n) is 5.82. The van der Waals surface area contributed by atoms with Crippen molar-refractivity contribution < 1.29 is 4.39 Å². The van der Waals surface area contributed by atoms with Crippen molar-refractivity contribution in [3.63, 3.8) is 0 Å². The zero-order valence-electron chi connectivity index (χ0n) is 9.91. The fraction of sp³-hybridized carbons (Fsp3) is 0.0667. The largest absolute Gasteiger partial charge is 0.343 e. The number of hydrogen-bond donors (Lipinski definition) is 0. The molecule has 0 saturated heterocycles. The maximum Gasteiger partial charge on any atom is 0.123 e. The van der Waals surface area contributed by atoms with E-state index in [0.29, 0.717) is 16.6 Å². The standard InChI is InChI=1S/C15H10Cl2FN/c16-12-1-3-14(17)11(7-12)9-19-6-5-10-8-13(18)2-4-15(10)19/h1-8H,9H2. The average molecular weight is 294 g/mol. The zero-order valence-corrected chi connectivity index (χ0v) is 11.4. The molecular weight excluding hydrogens is 284 g/mol. The number of hydrogen-bond acceptors (Lipinski definition) is 0. The Morgan fingerprint density at radius 3 is 2.68 bits per heavy atom. The molecule has 0 amide bonds. The van der Waals surface area contributed by atoms with Crippen molar-refractivity contribution in [2.24, 2.45) is 0 Å². The number of benzene rings is 2. The van der Waals surface area contributed by atoms with Gasteiger partial charge in [0.1, 0.15) is 5.82 Å². The topological polar surface area (TPSA) is 4.93 Å². The molecule has 0 fully saturated rings. The van der Waals surface area contributed by atoms with E-state index in [1.54, 1.807) is 18.2 Å². The van der Waals surface area contributed by atoms with Crippen molar-refractivity contribution in [3.05, 3.63) is 70.1 Å². The van der Waals surface area contributed by atoms with E-state index in [9.17, 15) is 4.39 Å². The highest BCUT2D eigenvalue weighted by molar-refractivity contribution is 6.33. The van der Waals surface area contributed by atoms with Crippen LogP contribution in [0.3, 0.4) is 0 Å². The predicted molar refractivity (Wildman–Crippen MR) is 77.5 cm³/mol. The number of rotatable bonds is 2. The Bertz CT molecular complexity index is 749. The first-order chi connectivity index (χ1) is 9.13. The molecule has 0 spiro atoms. The summed E-state index contributed by atoms with van der Waals surface area (Å²) in [6.45, 7) is 0.606. The van der Waals surface area contributed by atoms with Crippen LogP contribution in [0, 0.1) is 5.82 Å². The molecule has 0 unspecified atom stereocenters. The van der Waals surface area contributed by atoms with Crippen LogP contribution in [0.15, 0.2) is 48.7 Å². The van der Waals surface area contributed by atoms with Gasteiger partial charge in [-0.2, -0.15) is 0 Å². The van der Waals surface area contributed by atoms with E-state index in [0.717, 1.165) is 16.5 Å². The maximum atomic E-state index is 13.1. The van der Waals surface area contributed by atoms with Crippen LogP contribution < -0.4 is 0 Å². The highest BCUT2D eigenvalue weighted by Gasteiger charge is 2.06. The second kappa shape index (κ2) is 4.87.